The van der Waals surface area contributed by atoms with E-state index in [2.05, 4.69) is 17.6 Å². The summed E-state index contributed by atoms with van der Waals surface area (Å²) in [5.41, 5.74) is 6.75. The number of methoxy groups -OCH3 is 2. The molecule has 2 unspecified atom stereocenters. The first-order chi connectivity index (χ1) is 25.7. The van der Waals surface area contributed by atoms with Crippen molar-refractivity contribution in [2.24, 2.45) is 0 Å². The van der Waals surface area contributed by atoms with Crippen LogP contribution in [0.5, 0.6) is 0 Å². The fourth-order valence-electron chi connectivity index (χ4n) is 5.81. The summed E-state index contributed by atoms with van der Waals surface area (Å²) in [5.74, 6) is -1.36. The fourth-order valence-corrected chi connectivity index (χ4v) is 6.24. The van der Waals surface area contributed by atoms with Crippen LogP contribution < -0.4 is 10.6 Å². The zero-order valence-corrected chi connectivity index (χ0v) is 31.9. The normalized spacial score (nSPS) is 11.5. The van der Waals surface area contributed by atoms with Crippen LogP contribution in [-0.4, -0.2) is 59.0 Å². The number of carbonyl (C=O) groups is 3. The maximum atomic E-state index is 12.8. The second-order valence-corrected chi connectivity index (χ2v) is 12.7. The Balaban J connectivity index is 0.000000290. The van der Waals surface area contributed by atoms with Crippen LogP contribution in [0.1, 0.15) is 63.1 Å². The van der Waals surface area contributed by atoms with E-state index < -0.39 is 33.9 Å². The molecule has 1 amide bonds. The van der Waals surface area contributed by atoms with E-state index in [4.69, 9.17) is 21.7 Å². The molecular weight excluding hydrogens is 713 g/mol. The summed E-state index contributed by atoms with van der Waals surface area (Å²) in [5, 5.41) is 27.4. The first kappa shape index (κ1) is 42.4. The van der Waals surface area contributed by atoms with E-state index in [0.29, 0.717) is 29.0 Å². The minimum Gasteiger partial charge on any atom is -0.467 e. The third kappa shape index (κ3) is 11.5. The van der Waals surface area contributed by atoms with Crippen molar-refractivity contribution >= 4 is 46.4 Å². The largest absolute Gasteiger partial charge is 0.467 e. The lowest BCUT2D eigenvalue weighted by Gasteiger charge is -2.21. The molecule has 54 heavy (non-hydrogen) atoms. The van der Waals surface area contributed by atoms with Crippen LogP contribution in [-0.2, 0) is 44.7 Å². The molecule has 0 bridgehead atoms. The number of benzene rings is 4. The molecular formula is C40H44N4O9S. The van der Waals surface area contributed by atoms with Gasteiger partial charge in [0.1, 0.15) is 17.1 Å². The molecule has 2 atom stereocenters. The molecule has 4 aromatic carbocycles. The van der Waals surface area contributed by atoms with Gasteiger partial charge >= 0.3 is 11.9 Å². The molecule has 0 radical (unpaired) electrons. The van der Waals surface area contributed by atoms with Gasteiger partial charge in [0.2, 0.25) is 0 Å². The van der Waals surface area contributed by atoms with Gasteiger partial charge in [-0.1, -0.05) is 86.7 Å². The lowest BCUT2D eigenvalue weighted by molar-refractivity contribution is -0.385. The first-order valence-electron chi connectivity index (χ1n) is 17.1. The van der Waals surface area contributed by atoms with Crippen molar-refractivity contribution in [2.75, 3.05) is 14.2 Å². The number of esters is 2. The van der Waals surface area contributed by atoms with Crippen LogP contribution in [0.15, 0.2) is 84.9 Å². The Morgan fingerprint density at radius 1 is 0.648 bits per heavy atom. The van der Waals surface area contributed by atoms with Crippen molar-refractivity contribution in [3.63, 3.8) is 0 Å². The third-order valence-corrected chi connectivity index (χ3v) is 9.01. The number of nitrogens with one attached hydrogen (secondary N) is 2. The highest BCUT2D eigenvalue weighted by atomic mass is 32.1. The molecule has 284 valence electrons. The molecule has 4 aromatic rings. The van der Waals surface area contributed by atoms with E-state index in [1.807, 2.05) is 57.2 Å². The number of nitrogens with zero attached hydrogens (tertiary/aromatic N) is 2. The fraction of sp³-hybridized carbons (Fsp3) is 0.300. The molecule has 0 spiro atoms. The minimum absolute atomic E-state index is 0.00402. The second-order valence-electron chi connectivity index (χ2n) is 12.3. The number of nitro groups is 2. The standard InChI is InChI=1S/C20H22N2O5.C20H22N2O4S/c1-4-15-7-5-6-13(2)18(15)19(23)21-17(20(24)27-3)12-14-8-10-16(11-9-14)22(25)26;1-4-15-7-5-6-13(2)18(15)19(27)21-17(20(23)26-3)12-14-8-10-16(11-9-14)22(24)25/h5-11,17H,4,12H2,1-3H3,(H,21,23);5-11,17H,4,12H2,1-3H3,(H,21,27). The average molecular weight is 757 g/mol. The number of hydrogen-bond acceptors (Lipinski definition) is 10. The number of aryl methyl sites for hydroxylation is 4. The highest BCUT2D eigenvalue weighted by Crippen LogP contribution is 2.19. The predicted octanol–water partition coefficient (Wildman–Crippen LogP) is 6.49. The highest BCUT2D eigenvalue weighted by Gasteiger charge is 2.25. The topological polar surface area (TPSA) is 180 Å². The van der Waals surface area contributed by atoms with Crippen LogP contribution in [0.25, 0.3) is 0 Å². The number of hydrogen-bond donors (Lipinski definition) is 2. The van der Waals surface area contributed by atoms with Gasteiger partial charge in [-0.25, -0.2) is 9.59 Å². The summed E-state index contributed by atoms with van der Waals surface area (Å²) in [4.78, 5) is 58.3. The van der Waals surface area contributed by atoms with Crippen LogP contribution in [0.4, 0.5) is 11.4 Å². The summed E-state index contributed by atoms with van der Waals surface area (Å²) < 4.78 is 9.71. The number of thiocarbonyl (C=S) groups is 1. The zero-order valence-electron chi connectivity index (χ0n) is 31.0. The van der Waals surface area contributed by atoms with Crippen molar-refractivity contribution in [2.45, 2.75) is 65.5 Å². The molecule has 0 aliphatic rings. The monoisotopic (exact) mass is 756 g/mol. The molecule has 0 heterocycles. The summed E-state index contributed by atoms with van der Waals surface area (Å²) in [6, 6.07) is 21.9. The Morgan fingerprint density at radius 2 is 1.04 bits per heavy atom. The number of rotatable bonds is 14. The van der Waals surface area contributed by atoms with Gasteiger partial charge in [-0.2, -0.15) is 0 Å². The molecule has 0 saturated heterocycles. The first-order valence-corrected chi connectivity index (χ1v) is 17.6. The molecule has 0 fully saturated rings. The quantitative estimate of drug-likeness (QED) is 0.0621. The number of amides is 1. The van der Waals surface area contributed by atoms with Crippen molar-refractivity contribution in [3.8, 4) is 0 Å². The van der Waals surface area contributed by atoms with Crippen LogP contribution >= 0.6 is 12.2 Å². The van der Waals surface area contributed by atoms with Gasteiger partial charge in [-0.05, 0) is 60.1 Å². The maximum Gasteiger partial charge on any atom is 0.328 e. The van der Waals surface area contributed by atoms with E-state index in [-0.39, 0.29) is 23.7 Å². The Morgan fingerprint density at radius 3 is 1.43 bits per heavy atom. The molecule has 0 aliphatic carbocycles. The summed E-state index contributed by atoms with van der Waals surface area (Å²) in [6.07, 6.45) is 1.99. The van der Waals surface area contributed by atoms with Gasteiger partial charge in [-0.15, -0.1) is 0 Å². The van der Waals surface area contributed by atoms with Gasteiger partial charge in [0.25, 0.3) is 17.3 Å². The van der Waals surface area contributed by atoms with Crippen LogP contribution in [0, 0.1) is 34.1 Å². The number of non-ortho nitro benzene ring substituents is 2. The van der Waals surface area contributed by atoms with Crippen molar-refractivity contribution in [1.82, 2.24) is 10.6 Å². The van der Waals surface area contributed by atoms with Gasteiger partial charge in [-0.3, -0.25) is 25.0 Å². The summed E-state index contributed by atoms with van der Waals surface area (Å²) in [6.45, 7) is 7.83. The molecule has 13 nitrogen and oxygen atoms in total. The predicted molar refractivity (Wildman–Crippen MR) is 209 cm³/mol. The zero-order chi connectivity index (χ0) is 39.9. The smallest absolute Gasteiger partial charge is 0.328 e. The van der Waals surface area contributed by atoms with E-state index >= 15 is 0 Å². The van der Waals surface area contributed by atoms with E-state index in [9.17, 15) is 34.6 Å². The van der Waals surface area contributed by atoms with Gasteiger partial charge in [0.15, 0.2) is 0 Å². The number of ether oxygens (including phenoxy) is 2. The molecule has 0 aromatic heterocycles. The second kappa shape index (κ2) is 20.3. The Bertz CT molecular complexity index is 1840. The van der Waals surface area contributed by atoms with Gasteiger partial charge in [0.05, 0.1) is 24.1 Å². The molecule has 4 rings (SSSR count). The summed E-state index contributed by atoms with van der Waals surface area (Å²) >= 11 is 5.57. The highest BCUT2D eigenvalue weighted by molar-refractivity contribution is 7.80. The van der Waals surface area contributed by atoms with Crippen molar-refractivity contribution < 1.29 is 33.7 Å². The van der Waals surface area contributed by atoms with Crippen LogP contribution in [0.3, 0.4) is 0 Å². The average Bonchev–Trinajstić information content (AvgIpc) is 3.16. The van der Waals surface area contributed by atoms with E-state index in [1.165, 1.54) is 38.5 Å². The van der Waals surface area contributed by atoms with Crippen LogP contribution in [0.2, 0.25) is 0 Å². The third-order valence-electron chi connectivity index (χ3n) is 8.69. The molecule has 0 aliphatic heterocycles. The Hall–Kier alpha value is -6.02. The van der Waals surface area contributed by atoms with Crippen molar-refractivity contribution in [1.29, 1.82) is 0 Å². The van der Waals surface area contributed by atoms with E-state index in [1.54, 1.807) is 24.3 Å². The van der Waals surface area contributed by atoms with Gasteiger partial charge in [0, 0.05) is 48.2 Å². The molecule has 2 N–H and O–H groups in total. The minimum atomic E-state index is -0.895. The molecule has 14 heteroatoms. The lowest BCUT2D eigenvalue weighted by atomic mass is 9.98. The number of nitro benzene ring substituents is 2. The number of carbonyl (C=O) groups excluding carboxylic acids is 3. The van der Waals surface area contributed by atoms with E-state index in [0.717, 1.165) is 39.8 Å². The Kier molecular flexibility index (Phi) is 15.9. The molecule has 0 saturated carbocycles. The van der Waals surface area contributed by atoms with Crippen molar-refractivity contribution in [3.05, 3.63) is 150 Å². The lowest BCUT2D eigenvalue weighted by Crippen LogP contribution is -2.43. The maximum absolute atomic E-state index is 12.8. The summed E-state index contributed by atoms with van der Waals surface area (Å²) in [7, 11) is 2.57. The SMILES string of the molecule is CCc1cccc(C)c1C(=O)NC(Cc1ccc([N+](=O)[O-])cc1)C(=O)OC.CCc1cccc(C)c1C(=S)NC(Cc1ccc([N+](=O)[O-])cc1)C(=O)OC. The van der Waals surface area contributed by atoms with Gasteiger partial charge < -0.3 is 20.1 Å². The Labute approximate surface area is 319 Å².